The Bertz CT molecular complexity index is 1410. The minimum absolute atomic E-state index is 0.0911. The molecule has 4 N–H and O–H groups in total. The summed E-state index contributed by atoms with van der Waals surface area (Å²) in [7, 11) is -4.29. The van der Waals surface area contributed by atoms with Crippen LogP contribution in [0.3, 0.4) is 0 Å². The van der Waals surface area contributed by atoms with E-state index in [0.29, 0.717) is 0 Å². The fourth-order valence-electron chi connectivity index (χ4n) is 5.46. The molecule has 6 atom stereocenters. The number of aromatic amines is 1. The van der Waals surface area contributed by atoms with Crippen molar-refractivity contribution in [1.29, 1.82) is 0 Å². The van der Waals surface area contributed by atoms with Gasteiger partial charge in [0, 0.05) is 18.7 Å². The van der Waals surface area contributed by atoms with E-state index in [-0.39, 0.29) is 18.3 Å². The summed E-state index contributed by atoms with van der Waals surface area (Å²) in [5.74, 6) is -0.405. The lowest BCUT2D eigenvalue weighted by atomic mass is 9.94. The van der Waals surface area contributed by atoms with Crippen LogP contribution in [0.15, 0.2) is 52.2 Å². The molecule has 3 aliphatic rings. The number of aliphatic hydroxyl groups is 2. The molecule has 1 aromatic heterocycles. The Balaban J connectivity index is 1.34. The Morgan fingerprint density at radius 1 is 1.20 bits per heavy atom. The SMILES string of the molecule is CC(NP(=O)(OCC12CC1(O)C(C)(O)C(n1ccc(=O)[nH]c1=O)O2)Oc1ccccc1)C(=O)OC1CCCCC1. The van der Waals surface area contributed by atoms with Crippen LogP contribution in [0.5, 0.6) is 5.75 Å². The molecule has 0 radical (unpaired) electrons. The third-order valence-electron chi connectivity index (χ3n) is 7.91. The van der Waals surface area contributed by atoms with E-state index in [1.807, 2.05) is 0 Å². The fourth-order valence-corrected chi connectivity index (χ4v) is 7.00. The highest BCUT2D eigenvalue weighted by Gasteiger charge is 2.84. The molecule has 13 nitrogen and oxygen atoms in total. The Labute approximate surface area is 230 Å². The predicted molar refractivity (Wildman–Crippen MR) is 141 cm³/mol. The largest absolute Gasteiger partial charge is 0.461 e. The maximum atomic E-state index is 14.0. The highest BCUT2D eigenvalue weighted by molar-refractivity contribution is 7.52. The Hall–Kier alpha value is -2.80. The van der Waals surface area contributed by atoms with Crippen molar-refractivity contribution in [3.8, 4) is 5.75 Å². The van der Waals surface area contributed by atoms with Crippen molar-refractivity contribution < 1.29 is 38.1 Å². The number of hydrogen-bond acceptors (Lipinski definition) is 10. The van der Waals surface area contributed by atoms with Gasteiger partial charge in [-0.2, -0.15) is 5.09 Å². The van der Waals surface area contributed by atoms with Gasteiger partial charge in [0.2, 0.25) is 0 Å². The van der Waals surface area contributed by atoms with Crippen molar-refractivity contribution in [2.24, 2.45) is 0 Å². The molecule has 2 aromatic rings. The summed E-state index contributed by atoms with van der Waals surface area (Å²) >= 11 is 0. The number of para-hydroxylation sites is 1. The number of fused-ring (bicyclic) bond motifs is 1. The number of esters is 1. The second kappa shape index (κ2) is 10.6. The van der Waals surface area contributed by atoms with Crippen molar-refractivity contribution >= 4 is 13.7 Å². The number of benzene rings is 1. The van der Waals surface area contributed by atoms with E-state index in [4.69, 9.17) is 18.5 Å². The van der Waals surface area contributed by atoms with Crippen molar-refractivity contribution in [1.82, 2.24) is 14.6 Å². The molecule has 218 valence electrons. The second-order valence-corrected chi connectivity index (χ2v) is 12.6. The van der Waals surface area contributed by atoms with Gasteiger partial charge in [-0.3, -0.25) is 23.7 Å². The number of aromatic nitrogens is 2. The monoisotopic (exact) mass is 579 g/mol. The minimum atomic E-state index is -4.29. The van der Waals surface area contributed by atoms with Crippen molar-refractivity contribution in [3.05, 3.63) is 63.4 Å². The molecule has 0 bridgehead atoms. The molecular formula is C26H34N3O10P. The molecule has 2 saturated carbocycles. The zero-order chi connectivity index (χ0) is 28.8. The van der Waals surface area contributed by atoms with Gasteiger partial charge in [0.25, 0.3) is 5.56 Å². The molecule has 6 unspecified atom stereocenters. The van der Waals surface area contributed by atoms with Crippen LogP contribution in [0.1, 0.15) is 58.6 Å². The van der Waals surface area contributed by atoms with Crippen LogP contribution in [-0.2, 0) is 23.4 Å². The molecule has 14 heteroatoms. The molecular weight excluding hydrogens is 545 g/mol. The van der Waals surface area contributed by atoms with E-state index in [9.17, 15) is 29.2 Å². The number of carbonyl (C=O) groups excluding carboxylic acids is 1. The van der Waals surface area contributed by atoms with E-state index in [0.717, 1.165) is 48.9 Å². The molecule has 40 heavy (non-hydrogen) atoms. The highest BCUT2D eigenvalue weighted by Crippen LogP contribution is 2.68. The minimum Gasteiger partial charge on any atom is -0.461 e. The van der Waals surface area contributed by atoms with E-state index in [2.05, 4.69) is 10.1 Å². The molecule has 3 fully saturated rings. The van der Waals surface area contributed by atoms with Crippen molar-refractivity contribution in [2.75, 3.05) is 6.61 Å². The lowest BCUT2D eigenvalue weighted by Crippen LogP contribution is -2.49. The molecule has 0 amide bonds. The first-order chi connectivity index (χ1) is 18.9. The number of nitrogens with zero attached hydrogens (tertiary/aromatic N) is 1. The van der Waals surface area contributed by atoms with Gasteiger partial charge in [-0.1, -0.05) is 24.6 Å². The van der Waals surface area contributed by atoms with Crippen molar-refractivity contribution in [3.63, 3.8) is 0 Å². The third-order valence-corrected chi connectivity index (χ3v) is 9.53. The number of H-pyrrole nitrogens is 1. The maximum Gasteiger partial charge on any atom is 0.459 e. The lowest BCUT2D eigenvalue weighted by molar-refractivity contribution is -0.152. The van der Waals surface area contributed by atoms with Crippen LogP contribution in [-0.4, -0.2) is 61.3 Å². The highest BCUT2D eigenvalue weighted by atomic mass is 31.2. The first-order valence-corrected chi connectivity index (χ1v) is 14.8. The average Bonchev–Trinajstić information content (AvgIpc) is 3.48. The number of rotatable bonds is 10. The smallest absolute Gasteiger partial charge is 0.459 e. The van der Waals surface area contributed by atoms with Gasteiger partial charge in [0.15, 0.2) is 6.23 Å². The van der Waals surface area contributed by atoms with Gasteiger partial charge in [0.05, 0.1) is 6.61 Å². The summed E-state index contributed by atoms with van der Waals surface area (Å²) in [5, 5.41) is 25.1. The number of ether oxygens (including phenoxy) is 2. The number of hydrogen-bond donors (Lipinski definition) is 4. The fraction of sp³-hybridized carbons (Fsp3) is 0.577. The second-order valence-electron chi connectivity index (χ2n) is 10.9. The summed E-state index contributed by atoms with van der Waals surface area (Å²) in [6.45, 7) is 2.26. The Morgan fingerprint density at radius 3 is 2.58 bits per heavy atom. The summed E-state index contributed by atoms with van der Waals surface area (Å²) in [4.78, 5) is 38.8. The Morgan fingerprint density at radius 2 is 1.90 bits per heavy atom. The zero-order valence-corrected chi connectivity index (χ0v) is 23.2. The van der Waals surface area contributed by atoms with Gasteiger partial charge >= 0.3 is 19.4 Å². The third kappa shape index (κ3) is 5.29. The molecule has 1 aliphatic heterocycles. The summed E-state index contributed by atoms with van der Waals surface area (Å²) in [6.07, 6.45) is 4.04. The summed E-state index contributed by atoms with van der Waals surface area (Å²) in [5.41, 5.74) is -6.89. The topological polar surface area (TPSA) is 178 Å². The average molecular weight is 580 g/mol. The normalized spacial score (nSPS) is 32.0. The van der Waals surface area contributed by atoms with Crippen LogP contribution >= 0.6 is 7.75 Å². The summed E-state index contributed by atoms with van der Waals surface area (Å²) in [6, 6.07) is 8.22. The first kappa shape index (κ1) is 28.7. The molecule has 2 aliphatic carbocycles. The van der Waals surface area contributed by atoms with E-state index < -0.39 is 60.6 Å². The molecule has 2 heterocycles. The van der Waals surface area contributed by atoms with E-state index >= 15 is 0 Å². The van der Waals surface area contributed by atoms with Crippen LogP contribution in [0.2, 0.25) is 0 Å². The molecule has 5 rings (SSSR count). The van der Waals surface area contributed by atoms with Crippen LogP contribution in [0, 0.1) is 0 Å². The van der Waals surface area contributed by atoms with Gasteiger partial charge in [-0.05, 0) is 51.7 Å². The zero-order valence-electron chi connectivity index (χ0n) is 22.3. The van der Waals surface area contributed by atoms with Gasteiger partial charge in [0.1, 0.15) is 34.7 Å². The number of nitrogens with one attached hydrogen (secondary N) is 2. The van der Waals surface area contributed by atoms with Gasteiger partial charge in [-0.25, -0.2) is 9.36 Å². The first-order valence-electron chi connectivity index (χ1n) is 13.3. The molecule has 0 spiro atoms. The lowest BCUT2D eigenvalue weighted by Gasteiger charge is -2.31. The van der Waals surface area contributed by atoms with E-state index in [1.54, 1.807) is 30.3 Å². The predicted octanol–water partition coefficient (Wildman–Crippen LogP) is 1.75. The number of carbonyl (C=O) groups is 1. The summed E-state index contributed by atoms with van der Waals surface area (Å²) < 4.78 is 37.9. The maximum absolute atomic E-state index is 14.0. The molecule has 1 saturated heterocycles. The molecule has 1 aromatic carbocycles. The van der Waals surface area contributed by atoms with Crippen LogP contribution in [0.4, 0.5) is 0 Å². The Kier molecular flexibility index (Phi) is 7.58. The quantitative estimate of drug-likeness (QED) is 0.238. The van der Waals surface area contributed by atoms with Gasteiger partial charge in [-0.15, -0.1) is 0 Å². The van der Waals surface area contributed by atoms with Crippen LogP contribution < -0.4 is 20.9 Å². The van der Waals surface area contributed by atoms with E-state index in [1.165, 1.54) is 13.8 Å². The van der Waals surface area contributed by atoms with Crippen LogP contribution in [0.25, 0.3) is 0 Å². The van der Waals surface area contributed by atoms with Gasteiger partial charge < -0.3 is 24.2 Å². The van der Waals surface area contributed by atoms with Crippen molar-refractivity contribution in [2.45, 2.75) is 87.5 Å². The standard InChI is InChI=1S/C26H34N3O10P/c1-17(21(31)37-18-9-5-3-6-10-18)28-40(35,39-19-11-7-4-8-12-19)36-16-25-15-26(25,34)24(2,33)22(38-25)29-14-13-20(30)27-23(29)32/h4,7-8,11-14,17-18,22,33-34H,3,5-6,9-10,15-16H2,1-2H3,(H,28,35)(H,27,30,32).